The largest absolute Gasteiger partial charge is 0.497 e. The molecule has 3 aromatic rings. The van der Waals surface area contributed by atoms with Crippen molar-refractivity contribution in [2.24, 2.45) is 0 Å². The van der Waals surface area contributed by atoms with Crippen molar-refractivity contribution in [1.29, 1.82) is 0 Å². The van der Waals surface area contributed by atoms with Crippen LogP contribution in [0.3, 0.4) is 0 Å². The van der Waals surface area contributed by atoms with Gasteiger partial charge >= 0.3 is 11.9 Å². The molecule has 40 heavy (non-hydrogen) atoms. The number of carbonyl (C=O) groups is 3. The Balaban J connectivity index is 1.80. The monoisotopic (exact) mass is 563 g/mol. The average molecular weight is 564 g/mol. The Kier molecular flexibility index (Phi) is 10.8. The molecular weight excluding hydrogens is 526 g/mol. The Morgan fingerprint density at radius 1 is 0.825 bits per heavy atom. The topological polar surface area (TPSA) is 102 Å². The lowest BCUT2D eigenvalue weighted by molar-refractivity contribution is -0.155. The fraction of sp³-hybridized carbons (Fsp3) is 0.344. The first-order valence-corrected chi connectivity index (χ1v) is 14.2. The van der Waals surface area contributed by atoms with E-state index in [4.69, 9.17) is 9.47 Å². The van der Waals surface area contributed by atoms with Crippen molar-refractivity contribution in [1.82, 2.24) is 5.32 Å². The predicted octanol–water partition coefficient (Wildman–Crippen LogP) is 5.80. The maximum absolute atomic E-state index is 12.9. The van der Waals surface area contributed by atoms with E-state index in [1.54, 1.807) is 39.6 Å². The second-order valence-electron chi connectivity index (χ2n) is 10.3. The maximum atomic E-state index is 12.9. The molecule has 3 aromatic carbocycles. The molecule has 8 heteroatoms. The molecule has 0 unspecified atom stereocenters. The van der Waals surface area contributed by atoms with Gasteiger partial charge < -0.3 is 19.9 Å². The highest BCUT2D eigenvalue weighted by molar-refractivity contribution is 8.00. The van der Waals surface area contributed by atoms with Crippen LogP contribution in [0.25, 0.3) is 0 Å². The second-order valence-corrected chi connectivity index (χ2v) is 11.6. The normalized spacial score (nSPS) is 12.3. The summed E-state index contributed by atoms with van der Waals surface area (Å²) in [5.41, 5.74) is 2.47. The van der Waals surface area contributed by atoms with Crippen LogP contribution < -0.4 is 10.1 Å². The molecule has 3 rings (SSSR count). The van der Waals surface area contributed by atoms with Crippen LogP contribution in [0.4, 0.5) is 0 Å². The van der Waals surface area contributed by atoms with E-state index in [1.807, 2.05) is 60.7 Å². The van der Waals surface area contributed by atoms with Crippen LogP contribution in [0, 0.1) is 0 Å². The molecule has 0 aliphatic rings. The Labute approximate surface area is 240 Å². The number of nitrogens with one attached hydrogen (secondary N) is 1. The fourth-order valence-electron chi connectivity index (χ4n) is 4.40. The van der Waals surface area contributed by atoms with Crippen LogP contribution in [-0.2, 0) is 23.9 Å². The molecule has 1 amide bonds. The first-order chi connectivity index (χ1) is 19.0. The summed E-state index contributed by atoms with van der Waals surface area (Å²) in [4.78, 5) is 36.7. The van der Waals surface area contributed by atoms with Gasteiger partial charge in [0, 0.05) is 18.6 Å². The molecule has 0 aromatic heterocycles. The average Bonchev–Trinajstić information content (AvgIpc) is 2.93. The number of carbonyl (C=O) groups excluding carboxylic acids is 2. The first-order valence-electron chi connectivity index (χ1n) is 13.2. The molecule has 0 aliphatic carbocycles. The molecule has 0 saturated carbocycles. The molecule has 0 spiro atoms. The van der Waals surface area contributed by atoms with E-state index in [9.17, 15) is 19.5 Å². The quantitative estimate of drug-likeness (QED) is 0.200. The van der Waals surface area contributed by atoms with Gasteiger partial charge in [-0.15, -0.1) is 11.8 Å². The second kappa shape index (κ2) is 14.0. The number of hydrogen-bond donors (Lipinski definition) is 2. The van der Waals surface area contributed by atoms with Crippen LogP contribution in [0.1, 0.15) is 56.7 Å². The summed E-state index contributed by atoms with van der Waals surface area (Å²) in [7, 11) is 1.63. The van der Waals surface area contributed by atoms with Gasteiger partial charge in [-0.25, -0.2) is 4.79 Å². The number of rotatable bonds is 13. The van der Waals surface area contributed by atoms with Crippen molar-refractivity contribution in [3.63, 3.8) is 0 Å². The summed E-state index contributed by atoms with van der Waals surface area (Å²) >= 11 is 1.61. The molecule has 0 radical (unpaired) electrons. The standard InChI is InChI=1S/C32H37NO6S/c1-31(2,3)39-29(35)20-19-27(30(36)37)33-28(34)21-22-40-32(23-11-7-5-8-12-23,24-13-9-6-10-14-24)25-15-17-26(38-4)18-16-25/h5-18,27H,19-22H2,1-4H3,(H,33,34)(H,36,37)/t27-/m0/s1. The lowest BCUT2D eigenvalue weighted by atomic mass is 9.84. The third kappa shape index (κ3) is 8.36. The van der Waals surface area contributed by atoms with Crippen LogP contribution in [0.15, 0.2) is 84.9 Å². The number of carboxylic acid groups (broad SMARTS) is 1. The number of amides is 1. The first kappa shape index (κ1) is 30.8. The highest BCUT2D eigenvalue weighted by Crippen LogP contribution is 2.48. The maximum Gasteiger partial charge on any atom is 0.326 e. The van der Waals surface area contributed by atoms with Crippen molar-refractivity contribution < 1.29 is 29.0 Å². The summed E-state index contributed by atoms with van der Waals surface area (Å²) in [5, 5.41) is 12.2. The lowest BCUT2D eigenvalue weighted by Crippen LogP contribution is -2.41. The number of methoxy groups -OCH3 is 1. The summed E-state index contributed by atoms with van der Waals surface area (Å²) in [6.45, 7) is 5.24. The minimum atomic E-state index is -1.19. The Hall–Kier alpha value is -3.78. The van der Waals surface area contributed by atoms with Crippen molar-refractivity contribution in [3.05, 3.63) is 102 Å². The SMILES string of the molecule is COc1ccc(C(SCCC(=O)N[C@@H](CCC(=O)OC(C)(C)C)C(=O)O)(c2ccccc2)c2ccccc2)cc1. The number of benzene rings is 3. The van der Waals surface area contributed by atoms with Crippen LogP contribution in [-0.4, -0.2) is 47.5 Å². The smallest absolute Gasteiger partial charge is 0.326 e. The number of thioether (sulfide) groups is 1. The molecule has 2 N–H and O–H groups in total. The fourth-order valence-corrected chi connectivity index (χ4v) is 5.90. The van der Waals surface area contributed by atoms with Gasteiger partial charge in [0.15, 0.2) is 0 Å². The predicted molar refractivity (Wildman–Crippen MR) is 157 cm³/mol. The van der Waals surface area contributed by atoms with Gasteiger partial charge in [-0.05, 0) is 56.0 Å². The van der Waals surface area contributed by atoms with Gasteiger partial charge in [0.25, 0.3) is 0 Å². The van der Waals surface area contributed by atoms with Crippen molar-refractivity contribution >= 4 is 29.6 Å². The number of aliphatic carboxylic acids is 1. The molecule has 1 atom stereocenters. The van der Waals surface area contributed by atoms with Gasteiger partial charge in [0.1, 0.15) is 17.4 Å². The van der Waals surface area contributed by atoms with E-state index in [1.165, 1.54) is 0 Å². The van der Waals surface area contributed by atoms with Gasteiger partial charge in [0.05, 0.1) is 11.9 Å². The summed E-state index contributed by atoms with van der Waals surface area (Å²) in [6, 6.07) is 26.9. The molecule has 0 saturated heterocycles. The third-order valence-corrected chi connectivity index (χ3v) is 7.74. The van der Waals surface area contributed by atoms with Gasteiger partial charge in [-0.1, -0.05) is 72.8 Å². The Bertz CT molecular complexity index is 1220. The Morgan fingerprint density at radius 2 is 1.35 bits per heavy atom. The number of ether oxygens (including phenoxy) is 2. The van der Waals surface area contributed by atoms with Gasteiger partial charge in [-0.2, -0.15) is 0 Å². The van der Waals surface area contributed by atoms with E-state index >= 15 is 0 Å². The van der Waals surface area contributed by atoms with E-state index in [0.29, 0.717) is 5.75 Å². The third-order valence-electron chi connectivity index (χ3n) is 6.20. The van der Waals surface area contributed by atoms with E-state index in [0.717, 1.165) is 22.4 Å². The zero-order chi connectivity index (χ0) is 29.2. The number of hydrogen-bond acceptors (Lipinski definition) is 6. The van der Waals surface area contributed by atoms with Crippen molar-refractivity contribution in [2.45, 2.75) is 56.4 Å². The minimum absolute atomic E-state index is 0.0487. The molecule has 0 heterocycles. The summed E-state index contributed by atoms with van der Waals surface area (Å²) < 4.78 is 10.0. The van der Waals surface area contributed by atoms with Crippen molar-refractivity contribution in [2.75, 3.05) is 12.9 Å². The van der Waals surface area contributed by atoms with E-state index in [2.05, 4.69) is 29.6 Å². The van der Waals surface area contributed by atoms with Crippen LogP contribution in [0.2, 0.25) is 0 Å². The highest BCUT2D eigenvalue weighted by atomic mass is 32.2. The van der Waals surface area contributed by atoms with E-state index < -0.39 is 34.2 Å². The molecule has 0 aliphatic heterocycles. The molecular formula is C32H37NO6S. The number of carboxylic acids is 1. The highest BCUT2D eigenvalue weighted by Gasteiger charge is 2.37. The molecule has 7 nitrogen and oxygen atoms in total. The van der Waals surface area contributed by atoms with E-state index in [-0.39, 0.29) is 19.3 Å². The molecule has 0 bridgehead atoms. The van der Waals surface area contributed by atoms with Crippen molar-refractivity contribution in [3.8, 4) is 5.75 Å². The summed E-state index contributed by atoms with van der Waals surface area (Å²) in [6.07, 6.45) is -0.0583. The lowest BCUT2D eigenvalue weighted by Gasteiger charge is -2.35. The van der Waals surface area contributed by atoms with Crippen LogP contribution in [0.5, 0.6) is 5.75 Å². The van der Waals surface area contributed by atoms with Gasteiger partial charge in [0.2, 0.25) is 5.91 Å². The van der Waals surface area contributed by atoms with Gasteiger partial charge in [-0.3, -0.25) is 9.59 Å². The van der Waals surface area contributed by atoms with Crippen LogP contribution >= 0.6 is 11.8 Å². The zero-order valence-corrected chi connectivity index (χ0v) is 24.2. The minimum Gasteiger partial charge on any atom is -0.497 e. The zero-order valence-electron chi connectivity index (χ0n) is 23.4. The number of esters is 1. The Morgan fingerprint density at radius 3 is 1.82 bits per heavy atom. The molecule has 0 fully saturated rings. The summed E-state index contributed by atoms with van der Waals surface area (Å²) in [5.74, 6) is -0.924. The molecule has 212 valence electrons.